The number of carboxylic acid groups (broad SMARTS) is 1. The van der Waals surface area contributed by atoms with E-state index in [1.54, 1.807) is 13.8 Å². The number of nitrogens with one attached hydrogen (secondary N) is 1. The highest BCUT2D eigenvalue weighted by atomic mass is 16.4. The zero-order chi connectivity index (χ0) is 17.0. The predicted octanol–water partition coefficient (Wildman–Crippen LogP) is 2.88. The van der Waals surface area contributed by atoms with E-state index in [2.05, 4.69) is 10.3 Å². The second-order valence-electron chi connectivity index (χ2n) is 5.47. The standard InChI is InChI=1S/C17H20N2O4/c1-4-10(2)13(17(21)22)19-15(20)14-11(3)18-16(23-14)12-8-6-5-7-9-12/h5-10,13H,4H2,1-3H3,(H,19,20)(H,21,22)/t10-,13-/m0/s1. The van der Waals surface area contributed by atoms with Crippen LogP contribution >= 0.6 is 0 Å². The van der Waals surface area contributed by atoms with Crippen LogP contribution in [-0.4, -0.2) is 28.0 Å². The number of carbonyl (C=O) groups is 2. The Morgan fingerprint density at radius 2 is 1.96 bits per heavy atom. The topological polar surface area (TPSA) is 92.4 Å². The average molecular weight is 316 g/mol. The lowest BCUT2D eigenvalue weighted by atomic mass is 9.99. The number of nitrogens with zero attached hydrogens (tertiary/aromatic N) is 1. The van der Waals surface area contributed by atoms with E-state index in [1.165, 1.54) is 0 Å². The van der Waals surface area contributed by atoms with Crippen molar-refractivity contribution in [3.8, 4) is 11.5 Å². The van der Waals surface area contributed by atoms with Crippen LogP contribution in [0.5, 0.6) is 0 Å². The molecule has 6 nitrogen and oxygen atoms in total. The van der Waals surface area contributed by atoms with Crippen molar-refractivity contribution >= 4 is 11.9 Å². The second-order valence-corrected chi connectivity index (χ2v) is 5.47. The fourth-order valence-electron chi connectivity index (χ4n) is 2.20. The Balaban J connectivity index is 2.23. The second kappa shape index (κ2) is 7.09. The van der Waals surface area contributed by atoms with Gasteiger partial charge in [-0.1, -0.05) is 38.5 Å². The molecule has 1 heterocycles. The molecule has 0 aliphatic carbocycles. The summed E-state index contributed by atoms with van der Waals surface area (Å²) < 4.78 is 5.54. The minimum absolute atomic E-state index is 0.0402. The first kappa shape index (κ1) is 16.7. The van der Waals surface area contributed by atoms with Gasteiger partial charge in [-0.05, 0) is 25.0 Å². The summed E-state index contributed by atoms with van der Waals surface area (Å²) in [5.41, 5.74) is 1.18. The Morgan fingerprint density at radius 3 is 2.52 bits per heavy atom. The van der Waals surface area contributed by atoms with Gasteiger partial charge in [0.15, 0.2) is 0 Å². The van der Waals surface area contributed by atoms with Crippen LogP contribution in [0.15, 0.2) is 34.7 Å². The maximum Gasteiger partial charge on any atom is 0.326 e. The molecule has 122 valence electrons. The largest absolute Gasteiger partial charge is 0.480 e. The third-order valence-electron chi connectivity index (χ3n) is 3.79. The monoisotopic (exact) mass is 316 g/mol. The molecule has 0 unspecified atom stereocenters. The minimum atomic E-state index is -1.06. The summed E-state index contributed by atoms with van der Waals surface area (Å²) in [6.07, 6.45) is 0.641. The average Bonchev–Trinajstić information content (AvgIpc) is 2.94. The van der Waals surface area contributed by atoms with Crippen LogP contribution < -0.4 is 5.32 Å². The minimum Gasteiger partial charge on any atom is -0.480 e. The van der Waals surface area contributed by atoms with E-state index >= 15 is 0 Å². The van der Waals surface area contributed by atoms with Gasteiger partial charge in [-0.15, -0.1) is 0 Å². The maximum absolute atomic E-state index is 12.3. The van der Waals surface area contributed by atoms with Crippen LogP contribution in [0.4, 0.5) is 0 Å². The van der Waals surface area contributed by atoms with Crippen LogP contribution in [0.1, 0.15) is 36.5 Å². The highest BCUT2D eigenvalue weighted by Crippen LogP contribution is 2.21. The Kier molecular flexibility index (Phi) is 5.16. The van der Waals surface area contributed by atoms with Crippen LogP contribution in [0, 0.1) is 12.8 Å². The van der Waals surface area contributed by atoms with E-state index in [9.17, 15) is 14.7 Å². The molecule has 1 amide bonds. The molecular weight excluding hydrogens is 296 g/mol. The zero-order valence-electron chi connectivity index (χ0n) is 13.4. The fraction of sp³-hybridized carbons (Fsp3) is 0.353. The van der Waals surface area contributed by atoms with Crippen LogP contribution in [0.3, 0.4) is 0 Å². The molecule has 23 heavy (non-hydrogen) atoms. The van der Waals surface area contributed by atoms with E-state index < -0.39 is 17.9 Å². The van der Waals surface area contributed by atoms with E-state index in [4.69, 9.17) is 4.42 Å². The van der Waals surface area contributed by atoms with Crippen molar-refractivity contribution < 1.29 is 19.1 Å². The number of amides is 1. The molecule has 2 aromatic rings. The lowest BCUT2D eigenvalue weighted by Crippen LogP contribution is -2.45. The van der Waals surface area contributed by atoms with Crippen molar-refractivity contribution in [3.05, 3.63) is 41.8 Å². The Hall–Kier alpha value is -2.63. The third kappa shape index (κ3) is 3.77. The van der Waals surface area contributed by atoms with Gasteiger partial charge in [0, 0.05) is 5.56 Å². The Labute approximate surface area is 134 Å². The fourth-order valence-corrected chi connectivity index (χ4v) is 2.20. The number of oxazole rings is 1. The summed E-state index contributed by atoms with van der Waals surface area (Å²) in [7, 11) is 0. The Bertz CT molecular complexity index is 694. The molecule has 1 aromatic heterocycles. The van der Waals surface area contributed by atoms with Gasteiger partial charge in [0.05, 0.1) is 5.69 Å². The molecule has 1 aromatic carbocycles. The molecule has 0 spiro atoms. The van der Waals surface area contributed by atoms with Crippen molar-refractivity contribution in [2.45, 2.75) is 33.2 Å². The molecule has 2 atom stereocenters. The van der Waals surface area contributed by atoms with Crippen molar-refractivity contribution in [2.75, 3.05) is 0 Å². The molecule has 2 N–H and O–H groups in total. The lowest BCUT2D eigenvalue weighted by Gasteiger charge is -2.19. The number of hydrogen-bond donors (Lipinski definition) is 2. The van der Waals surface area contributed by atoms with E-state index in [1.807, 2.05) is 37.3 Å². The summed E-state index contributed by atoms with van der Waals surface area (Å²) in [5, 5.41) is 11.8. The van der Waals surface area contributed by atoms with Crippen LogP contribution in [0.2, 0.25) is 0 Å². The number of benzene rings is 1. The summed E-state index contributed by atoms with van der Waals surface area (Å²) in [4.78, 5) is 27.9. The number of aromatic nitrogens is 1. The van der Waals surface area contributed by atoms with Gasteiger partial charge in [0.25, 0.3) is 5.91 Å². The number of rotatable bonds is 6. The maximum atomic E-state index is 12.3. The summed E-state index contributed by atoms with van der Waals surface area (Å²) in [6.45, 7) is 5.31. The quantitative estimate of drug-likeness (QED) is 0.855. The molecular formula is C17H20N2O4. The van der Waals surface area contributed by atoms with Crippen LogP contribution in [-0.2, 0) is 4.79 Å². The molecule has 2 rings (SSSR count). The van der Waals surface area contributed by atoms with Crippen molar-refractivity contribution in [2.24, 2.45) is 5.92 Å². The number of hydrogen-bond acceptors (Lipinski definition) is 4. The molecule has 0 saturated heterocycles. The lowest BCUT2D eigenvalue weighted by molar-refractivity contribution is -0.140. The van der Waals surface area contributed by atoms with Gasteiger partial charge in [0.1, 0.15) is 6.04 Å². The highest BCUT2D eigenvalue weighted by Gasteiger charge is 2.28. The van der Waals surface area contributed by atoms with Gasteiger partial charge in [-0.3, -0.25) is 4.79 Å². The summed E-state index contributed by atoms with van der Waals surface area (Å²) in [5.74, 6) is -1.44. The van der Waals surface area contributed by atoms with Gasteiger partial charge < -0.3 is 14.8 Å². The van der Waals surface area contributed by atoms with Gasteiger partial charge in [0.2, 0.25) is 11.7 Å². The first-order valence-corrected chi connectivity index (χ1v) is 7.50. The molecule has 0 radical (unpaired) electrons. The third-order valence-corrected chi connectivity index (χ3v) is 3.79. The molecule has 0 aliphatic rings. The number of carbonyl (C=O) groups excluding carboxylic acids is 1. The van der Waals surface area contributed by atoms with Gasteiger partial charge in [-0.2, -0.15) is 0 Å². The number of aliphatic carboxylic acids is 1. The van der Waals surface area contributed by atoms with Gasteiger partial charge >= 0.3 is 5.97 Å². The summed E-state index contributed by atoms with van der Waals surface area (Å²) in [6, 6.07) is 8.25. The van der Waals surface area contributed by atoms with E-state index in [0.717, 1.165) is 5.56 Å². The zero-order valence-corrected chi connectivity index (χ0v) is 13.4. The Morgan fingerprint density at radius 1 is 1.30 bits per heavy atom. The van der Waals surface area contributed by atoms with Crippen molar-refractivity contribution in [3.63, 3.8) is 0 Å². The molecule has 0 saturated carbocycles. The molecule has 0 aliphatic heterocycles. The number of aryl methyl sites for hydroxylation is 1. The van der Waals surface area contributed by atoms with Crippen molar-refractivity contribution in [1.29, 1.82) is 0 Å². The smallest absolute Gasteiger partial charge is 0.326 e. The van der Waals surface area contributed by atoms with Crippen molar-refractivity contribution in [1.82, 2.24) is 10.3 Å². The highest BCUT2D eigenvalue weighted by molar-refractivity contribution is 5.95. The van der Waals surface area contributed by atoms with E-state index in [0.29, 0.717) is 18.0 Å². The van der Waals surface area contributed by atoms with Gasteiger partial charge in [-0.25, -0.2) is 9.78 Å². The molecule has 6 heteroatoms. The SMILES string of the molecule is CC[C@H](C)[C@H](NC(=O)c1oc(-c2ccccc2)nc1C)C(=O)O. The first-order valence-electron chi connectivity index (χ1n) is 7.50. The number of carboxylic acids is 1. The van der Waals surface area contributed by atoms with E-state index in [-0.39, 0.29) is 11.7 Å². The molecule has 0 bridgehead atoms. The normalized spacial score (nSPS) is 13.3. The first-order chi connectivity index (χ1) is 10.9. The predicted molar refractivity (Wildman–Crippen MR) is 85.0 cm³/mol. The molecule has 0 fully saturated rings. The summed E-state index contributed by atoms with van der Waals surface area (Å²) >= 11 is 0. The van der Waals surface area contributed by atoms with Crippen LogP contribution in [0.25, 0.3) is 11.5 Å².